The van der Waals surface area contributed by atoms with Gasteiger partial charge in [0, 0.05) is 17.6 Å². The molecule has 0 unspecified atom stereocenters. The number of halogens is 1. The summed E-state index contributed by atoms with van der Waals surface area (Å²) >= 11 is 5.89. The number of hydrogen-bond donors (Lipinski definition) is 1. The van der Waals surface area contributed by atoms with Crippen LogP contribution in [0, 0.1) is 0 Å². The number of carbonyl (C=O) groups excluding carboxylic acids is 2. The number of rotatable bonds is 0. The van der Waals surface area contributed by atoms with Gasteiger partial charge in [-0.05, 0) is 31.0 Å². The number of carbonyl (C=O) groups is 2. The number of amides is 2. The Kier molecular flexibility index (Phi) is 2.01. The van der Waals surface area contributed by atoms with E-state index in [4.69, 9.17) is 11.6 Å². The number of fused-ring (bicyclic) bond motifs is 1. The topological polar surface area (TPSA) is 49.4 Å². The summed E-state index contributed by atoms with van der Waals surface area (Å²) in [6, 6.07) is 4.84. The standard InChI is InChI=1S/C12H11ClN2O2/c1-14-11(17)15-9-3-2-7(13)6-8(9)10(16)12(15)4-5-12/h2-3,6H,4-5H2,1H3,(H,14,17). The minimum Gasteiger partial charge on any atom is -0.341 e. The summed E-state index contributed by atoms with van der Waals surface area (Å²) in [5.74, 6) is 0.0126. The van der Waals surface area contributed by atoms with Crippen molar-refractivity contribution in [3.8, 4) is 0 Å². The Morgan fingerprint density at radius 3 is 2.76 bits per heavy atom. The Morgan fingerprint density at radius 2 is 2.18 bits per heavy atom. The van der Waals surface area contributed by atoms with Gasteiger partial charge in [-0.2, -0.15) is 0 Å². The Labute approximate surface area is 104 Å². The van der Waals surface area contributed by atoms with E-state index < -0.39 is 5.54 Å². The van der Waals surface area contributed by atoms with Gasteiger partial charge in [-0.1, -0.05) is 11.6 Å². The molecule has 0 saturated heterocycles. The molecule has 5 heteroatoms. The van der Waals surface area contributed by atoms with Crippen molar-refractivity contribution in [2.75, 3.05) is 11.9 Å². The molecule has 1 aliphatic carbocycles. The van der Waals surface area contributed by atoms with Crippen LogP contribution in [0.4, 0.5) is 10.5 Å². The molecule has 0 bridgehead atoms. The molecule has 0 aromatic heterocycles. The maximum atomic E-state index is 12.3. The first kappa shape index (κ1) is 10.6. The maximum Gasteiger partial charge on any atom is 0.322 e. The fourth-order valence-electron chi connectivity index (χ4n) is 2.45. The van der Waals surface area contributed by atoms with Crippen LogP contribution in [0.1, 0.15) is 23.2 Å². The molecule has 3 rings (SSSR count). The first-order valence-corrected chi connectivity index (χ1v) is 5.84. The van der Waals surface area contributed by atoms with Crippen molar-refractivity contribution in [3.05, 3.63) is 28.8 Å². The Morgan fingerprint density at radius 1 is 1.47 bits per heavy atom. The third-order valence-electron chi connectivity index (χ3n) is 3.44. The molecule has 88 valence electrons. The molecule has 0 atom stereocenters. The lowest BCUT2D eigenvalue weighted by molar-refractivity contribution is 0.0960. The van der Waals surface area contributed by atoms with E-state index in [1.807, 2.05) is 0 Å². The van der Waals surface area contributed by atoms with Gasteiger partial charge in [0.05, 0.1) is 5.69 Å². The van der Waals surface area contributed by atoms with Crippen molar-refractivity contribution >= 4 is 29.1 Å². The van der Waals surface area contributed by atoms with E-state index in [1.165, 1.54) is 0 Å². The van der Waals surface area contributed by atoms with Gasteiger partial charge in [-0.25, -0.2) is 4.79 Å². The van der Waals surface area contributed by atoms with Crippen LogP contribution in [0.3, 0.4) is 0 Å². The molecular formula is C12H11ClN2O2. The number of Topliss-reactive ketones (excluding diaryl/α,β-unsaturated/α-hetero) is 1. The predicted molar refractivity (Wildman–Crippen MR) is 64.7 cm³/mol. The van der Waals surface area contributed by atoms with Gasteiger partial charge < -0.3 is 5.32 Å². The van der Waals surface area contributed by atoms with Crippen LogP contribution in [-0.2, 0) is 0 Å². The minimum absolute atomic E-state index is 0.0126. The summed E-state index contributed by atoms with van der Waals surface area (Å²) in [6.45, 7) is 0. The lowest BCUT2D eigenvalue weighted by Crippen LogP contribution is -2.46. The maximum absolute atomic E-state index is 12.3. The summed E-state index contributed by atoms with van der Waals surface area (Å²) in [5.41, 5.74) is 0.586. The van der Waals surface area contributed by atoms with Crippen molar-refractivity contribution < 1.29 is 9.59 Å². The second-order valence-corrected chi connectivity index (χ2v) is 4.85. The molecule has 2 aliphatic rings. The van der Waals surface area contributed by atoms with Gasteiger partial charge in [-0.15, -0.1) is 0 Å². The summed E-state index contributed by atoms with van der Waals surface area (Å²) in [5, 5.41) is 3.10. The molecule has 1 aromatic rings. The molecular weight excluding hydrogens is 240 g/mol. The van der Waals surface area contributed by atoms with E-state index in [-0.39, 0.29) is 11.8 Å². The van der Waals surface area contributed by atoms with Crippen LogP contribution in [0.15, 0.2) is 18.2 Å². The quantitative estimate of drug-likeness (QED) is 0.768. The number of urea groups is 1. The molecule has 0 radical (unpaired) electrons. The highest BCUT2D eigenvalue weighted by Gasteiger charge is 2.61. The van der Waals surface area contributed by atoms with Crippen LogP contribution in [0.2, 0.25) is 5.02 Å². The summed E-state index contributed by atoms with van der Waals surface area (Å²) < 4.78 is 0. The van der Waals surface area contributed by atoms with Crippen molar-refractivity contribution in [3.63, 3.8) is 0 Å². The smallest absolute Gasteiger partial charge is 0.322 e. The molecule has 1 spiro atoms. The Balaban J connectivity index is 2.18. The largest absolute Gasteiger partial charge is 0.341 e. The highest BCUT2D eigenvalue weighted by Crippen LogP contribution is 2.53. The van der Waals surface area contributed by atoms with Gasteiger partial charge in [0.15, 0.2) is 5.78 Å². The number of nitrogens with zero attached hydrogens (tertiary/aromatic N) is 1. The van der Waals surface area contributed by atoms with Crippen LogP contribution >= 0.6 is 11.6 Å². The second-order valence-electron chi connectivity index (χ2n) is 4.41. The molecule has 1 heterocycles. The molecule has 4 nitrogen and oxygen atoms in total. The van der Waals surface area contributed by atoms with Crippen molar-refractivity contribution in [1.82, 2.24) is 5.32 Å². The van der Waals surface area contributed by atoms with Crippen LogP contribution in [0.25, 0.3) is 0 Å². The van der Waals surface area contributed by atoms with Crippen molar-refractivity contribution in [2.24, 2.45) is 0 Å². The Bertz CT molecular complexity index is 537. The lowest BCUT2D eigenvalue weighted by atomic mass is 10.1. The van der Waals surface area contributed by atoms with E-state index in [0.29, 0.717) is 16.3 Å². The molecule has 1 saturated carbocycles. The van der Waals surface area contributed by atoms with Gasteiger partial charge in [0.2, 0.25) is 0 Å². The monoisotopic (exact) mass is 250 g/mol. The van der Waals surface area contributed by atoms with Gasteiger partial charge in [0.1, 0.15) is 5.54 Å². The van der Waals surface area contributed by atoms with Gasteiger partial charge >= 0.3 is 6.03 Å². The molecule has 17 heavy (non-hydrogen) atoms. The van der Waals surface area contributed by atoms with Crippen molar-refractivity contribution in [1.29, 1.82) is 0 Å². The fourth-order valence-corrected chi connectivity index (χ4v) is 2.62. The fraction of sp³-hybridized carbons (Fsp3) is 0.333. The van der Waals surface area contributed by atoms with E-state index >= 15 is 0 Å². The molecule has 1 fully saturated rings. The molecule has 1 aromatic carbocycles. The number of ketones is 1. The Hall–Kier alpha value is -1.55. The van der Waals surface area contributed by atoms with Crippen LogP contribution < -0.4 is 10.2 Å². The summed E-state index contributed by atoms with van der Waals surface area (Å²) in [7, 11) is 1.57. The SMILES string of the molecule is CNC(=O)N1c2ccc(Cl)cc2C(=O)C12CC2. The number of nitrogens with one attached hydrogen (secondary N) is 1. The first-order chi connectivity index (χ1) is 8.10. The zero-order valence-electron chi connectivity index (χ0n) is 9.29. The average Bonchev–Trinajstić information content (AvgIpc) is 3.07. The number of anilines is 1. The summed E-state index contributed by atoms with van der Waals surface area (Å²) in [4.78, 5) is 25.7. The normalized spacial score (nSPS) is 19.4. The lowest BCUT2D eigenvalue weighted by Gasteiger charge is -2.23. The summed E-state index contributed by atoms with van der Waals surface area (Å²) in [6.07, 6.45) is 1.46. The van der Waals surface area contributed by atoms with E-state index in [9.17, 15) is 9.59 Å². The minimum atomic E-state index is -0.632. The van der Waals surface area contributed by atoms with Crippen molar-refractivity contribution in [2.45, 2.75) is 18.4 Å². The number of hydrogen-bond acceptors (Lipinski definition) is 2. The zero-order valence-corrected chi connectivity index (χ0v) is 10.0. The zero-order chi connectivity index (χ0) is 12.2. The average molecular weight is 251 g/mol. The molecule has 2 amide bonds. The third kappa shape index (κ3) is 1.24. The highest BCUT2D eigenvalue weighted by molar-refractivity contribution is 6.32. The molecule has 1 N–H and O–H groups in total. The van der Waals surface area contributed by atoms with Gasteiger partial charge in [-0.3, -0.25) is 9.69 Å². The second kappa shape index (κ2) is 3.23. The van der Waals surface area contributed by atoms with E-state index in [1.54, 1.807) is 30.1 Å². The molecule has 1 aliphatic heterocycles. The van der Waals surface area contributed by atoms with E-state index in [2.05, 4.69) is 5.32 Å². The van der Waals surface area contributed by atoms with Crippen LogP contribution in [0.5, 0.6) is 0 Å². The van der Waals surface area contributed by atoms with Crippen LogP contribution in [-0.4, -0.2) is 24.4 Å². The highest BCUT2D eigenvalue weighted by atomic mass is 35.5. The van der Waals surface area contributed by atoms with E-state index in [0.717, 1.165) is 12.8 Å². The first-order valence-electron chi connectivity index (χ1n) is 5.46. The third-order valence-corrected chi connectivity index (χ3v) is 3.67. The number of benzene rings is 1. The van der Waals surface area contributed by atoms with Gasteiger partial charge in [0.25, 0.3) is 0 Å². The predicted octanol–water partition coefficient (Wildman–Crippen LogP) is 2.21.